The maximum Gasteiger partial charge on any atom is 0.0951 e. The molecule has 1 rings (SSSR count). The predicted molar refractivity (Wildman–Crippen MR) is 59.1 cm³/mol. The molecule has 3 heteroatoms. The van der Waals surface area contributed by atoms with Crippen LogP contribution in [-0.4, -0.2) is 9.55 Å². The number of rotatable bonds is 5. The summed E-state index contributed by atoms with van der Waals surface area (Å²) in [4.78, 5) is 4.19. The molecule has 0 saturated carbocycles. The SMILES string of the molecule is CCC(CC)n1cncc1[C@H](N)CC. The van der Waals surface area contributed by atoms with Gasteiger partial charge in [-0.2, -0.15) is 0 Å². The fourth-order valence-electron chi connectivity index (χ4n) is 1.80. The molecule has 1 atom stereocenters. The minimum atomic E-state index is 0.123. The van der Waals surface area contributed by atoms with Crippen molar-refractivity contribution in [1.29, 1.82) is 0 Å². The Bertz CT molecular complexity index is 263. The van der Waals surface area contributed by atoms with Crippen LogP contribution in [0.3, 0.4) is 0 Å². The fraction of sp³-hybridized carbons (Fsp3) is 0.727. The van der Waals surface area contributed by atoms with Crippen molar-refractivity contribution >= 4 is 0 Å². The monoisotopic (exact) mass is 195 g/mol. The van der Waals surface area contributed by atoms with Crippen molar-refractivity contribution in [2.75, 3.05) is 0 Å². The Kier molecular flexibility index (Phi) is 4.14. The predicted octanol–water partition coefficient (Wildman–Crippen LogP) is 2.65. The van der Waals surface area contributed by atoms with E-state index in [0.29, 0.717) is 6.04 Å². The summed E-state index contributed by atoms with van der Waals surface area (Å²) in [6, 6.07) is 0.670. The second-order valence-electron chi connectivity index (χ2n) is 3.71. The van der Waals surface area contributed by atoms with Crippen molar-refractivity contribution in [1.82, 2.24) is 9.55 Å². The molecule has 1 heterocycles. The van der Waals surface area contributed by atoms with Crippen LogP contribution in [0.2, 0.25) is 0 Å². The number of hydrogen-bond donors (Lipinski definition) is 1. The summed E-state index contributed by atoms with van der Waals surface area (Å²) < 4.78 is 2.23. The van der Waals surface area contributed by atoms with E-state index in [1.165, 1.54) is 5.69 Å². The molecule has 14 heavy (non-hydrogen) atoms. The lowest BCUT2D eigenvalue weighted by Gasteiger charge is -2.20. The van der Waals surface area contributed by atoms with E-state index in [1.54, 1.807) is 0 Å². The van der Waals surface area contributed by atoms with Gasteiger partial charge < -0.3 is 10.3 Å². The van der Waals surface area contributed by atoms with E-state index in [2.05, 4.69) is 30.3 Å². The van der Waals surface area contributed by atoms with Gasteiger partial charge in [-0.3, -0.25) is 0 Å². The van der Waals surface area contributed by atoms with Gasteiger partial charge in [0.2, 0.25) is 0 Å². The fourth-order valence-corrected chi connectivity index (χ4v) is 1.80. The molecule has 0 spiro atoms. The summed E-state index contributed by atoms with van der Waals surface area (Å²) in [5.74, 6) is 0. The zero-order valence-corrected chi connectivity index (χ0v) is 9.40. The molecule has 3 nitrogen and oxygen atoms in total. The van der Waals surface area contributed by atoms with Crippen molar-refractivity contribution in [3.63, 3.8) is 0 Å². The van der Waals surface area contributed by atoms with Crippen LogP contribution in [0.5, 0.6) is 0 Å². The highest BCUT2D eigenvalue weighted by Crippen LogP contribution is 2.22. The van der Waals surface area contributed by atoms with E-state index in [9.17, 15) is 0 Å². The third-order valence-electron chi connectivity index (χ3n) is 2.85. The molecule has 0 aliphatic carbocycles. The zero-order valence-electron chi connectivity index (χ0n) is 9.40. The van der Waals surface area contributed by atoms with Crippen LogP contribution in [0.4, 0.5) is 0 Å². The molecule has 0 fully saturated rings. The van der Waals surface area contributed by atoms with Gasteiger partial charge in [0.25, 0.3) is 0 Å². The van der Waals surface area contributed by atoms with Crippen LogP contribution in [0.25, 0.3) is 0 Å². The van der Waals surface area contributed by atoms with Crippen LogP contribution in [0.1, 0.15) is 57.8 Å². The smallest absolute Gasteiger partial charge is 0.0951 e. The van der Waals surface area contributed by atoms with E-state index in [1.807, 2.05) is 12.5 Å². The van der Waals surface area contributed by atoms with E-state index < -0.39 is 0 Å². The molecule has 0 aliphatic rings. The standard InChI is InChI=1S/C11H21N3/c1-4-9(5-2)14-8-13-7-11(14)10(12)6-3/h7-10H,4-6,12H2,1-3H3/t10-/m1/s1. The van der Waals surface area contributed by atoms with Gasteiger partial charge in [-0.25, -0.2) is 4.98 Å². The van der Waals surface area contributed by atoms with Crippen molar-refractivity contribution in [3.05, 3.63) is 18.2 Å². The number of hydrogen-bond acceptors (Lipinski definition) is 2. The number of imidazole rings is 1. The molecule has 0 amide bonds. The summed E-state index contributed by atoms with van der Waals surface area (Å²) in [5.41, 5.74) is 7.19. The van der Waals surface area contributed by atoms with Gasteiger partial charge in [0.1, 0.15) is 0 Å². The molecule has 0 aliphatic heterocycles. The lowest BCUT2D eigenvalue weighted by atomic mass is 10.1. The summed E-state index contributed by atoms with van der Waals surface area (Å²) in [5, 5.41) is 0. The van der Waals surface area contributed by atoms with E-state index in [-0.39, 0.29) is 6.04 Å². The lowest BCUT2D eigenvalue weighted by Crippen LogP contribution is -2.17. The molecule has 0 aromatic carbocycles. The Morgan fingerprint density at radius 1 is 1.29 bits per heavy atom. The quantitative estimate of drug-likeness (QED) is 0.785. The Morgan fingerprint density at radius 2 is 1.93 bits per heavy atom. The van der Waals surface area contributed by atoms with E-state index in [0.717, 1.165) is 19.3 Å². The minimum absolute atomic E-state index is 0.123. The summed E-state index contributed by atoms with van der Waals surface area (Å²) in [6.45, 7) is 6.51. The number of aromatic nitrogens is 2. The summed E-state index contributed by atoms with van der Waals surface area (Å²) >= 11 is 0. The maximum absolute atomic E-state index is 6.03. The second kappa shape index (κ2) is 5.15. The van der Waals surface area contributed by atoms with Gasteiger partial charge in [-0.1, -0.05) is 20.8 Å². The highest BCUT2D eigenvalue weighted by molar-refractivity contribution is 5.05. The Hall–Kier alpha value is -0.830. The summed E-state index contributed by atoms with van der Waals surface area (Å²) in [6.07, 6.45) is 7.04. The van der Waals surface area contributed by atoms with Crippen LogP contribution in [0, 0.1) is 0 Å². The van der Waals surface area contributed by atoms with Gasteiger partial charge >= 0.3 is 0 Å². The molecule has 1 aromatic rings. The molecular weight excluding hydrogens is 174 g/mol. The molecule has 0 saturated heterocycles. The zero-order chi connectivity index (χ0) is 10.6. The normalized spacial score (nSPS) is 13.5. The largest absolute Gasteiger partial charge is 0.330 e. The van der Waals surface area contributed by atoms with Gasteiger partial charge in [-0.05, 0) is 19.3 Å². The van der Waals surface area contributed by atoms with Gasteiger partial charge in [0, 0.05) is 18.3 Å². The molecule has 0 radical (unpaired) electrons. The van der Waals surface area contributed by atoms with E-state index >= 15 is 0 Å². The van der Waals surface area contributed by atoms with Gasteiger partial charge in [0.15, 0.2) is 0 Å². The van der Waals surface area contributed by atoms with E-state index in [4.69, 9.17) is 5.73 Å². The average Bonchev–Trinajstić information content (AvgIpc) is 2.68. The number of nitrogens with zero attached hydrogens (tertiary/aromatic N) is 2. The Labute approximate surface area is 86.3 Å². The first kappa shape index (κ1) is 11.2. The molecular formula is C11H21N3. The van der Waals surface area contributed by atoms with Crippen LogP contribution >= 0.6 is 0 Å². The maximum atomic E-state index is 6.03. The Balaban J connectivity index is 2.90. The lowest BCUT2D eigenvalue weighted by molar-refractivity contribution is 0.443. The van der Waals surface area contributed by atoms with Crippen molar-refractivity contribution in [3.8, 4) is 0 Å². The highest BCUT2D eigenvalue weighted by atomic mass is 15.1. The van der Waals surface area contributed by atoms with Gasteiger partial charge in [-0.15, -0.1) is 0 Å². The van der Waals surface area contributed by atoms with Crippen molar-refractivity contribution in [2.24, 2.45) is 5.73 Å². The first-order valence-electron chi connectivity index (χ1n) is 5.51. The molecule has 0 bridgehead atoms. The third-order valence-corrected chi connectivity index (χ3v) is 2.85. The Morgan fingerprint density at radius 3 is 2.43 bits per heavy atom. The topological polar surface area (TPSA) is 43.8 Å². The molecule has 1 aromatic heterocycles. The van der Waals surface area contributed by atoms with Crippen molar-refractivity contribution in [2.45, 2.75) is 52.1 Å². The second-order valence-corrected chi connectivity index (χ2v) is 3.71. The van der Waals surface area contributed by atoms with Crippen molar-refractivity contribution < 1.29 is 0 Å². The minimum Gasteiger partial charge on any atom is -0.330 e. The van der Waals surface area contributed by atoms with Crippen LogP contribution < -0.4 is 5.73 Å². The highest BCUT2D eigenvalue weighted by Gasteiger charge is 2.14. The van der Waals surface area contributed by atoms with Gasteiger partial charge in [0.05, 0.1) is 12.0 Å². The first-order valence-corrected chi connectivity index (χ1v) is 5.51. The molecule has 80 valence electrons. The van der Waals surface area contributed by atoms with Crippen LogP contribution in [0.15, 0.2) is 12.5 Å². The number of nitrogens with two attached hydrogens (primary N) is 1. The summed E-state index contributed by atoms with van der Waals surface area (Å²) in [7, 11) is 0. The first-order chi connectivity index (χ1) is 6.74. The average molecular weight is 195 g/mol. The third kappa shape index (κ3) is 2.15. The van der Waals surface area contributed by atoms with Crippen LogP contribution in [-0.2, 0) is 0 Å². The molecule has 0 unspecified atom stereocenters. The molecule has 2 N–H and O–H groups in total.